The van der Waals surface area contributed by atoms with Crippen LogP contribution in [0.4, 0.5) is 0 Å². The van der Waals surface area contributed by atoms with Crippen LogP contribution in [0.2, 0.25) is 0 Å². The first-order valence-corrected chi connectivity index (χ1v) is 6.04. The first kappa shape index (κ1) is 11.8. The topological polar surface area (TPSA) is 64.3 Å². The molecule has 1 aliphatic heterocycles. The largest absolute Gasteiger partial charge is 0.370 e. The van der Waals surface area contributed by atoms with Crippen molar-refractivity contribution in [3.63, 3.8) is 0 Å². The van der Waals surface area contributed by atoms with Crippen LogP contribution in [0, 0.1) is 0 Å². The number of carbonyl (C=O) groups is 1. The number of nitrogens with two attached hydrogens (primary N) is 1. The molecule has 1 amide bonds. The average molecular weight is 218 g/mol. The molecule has 0 saturated carbocycles. The maximum Gasteiger partial charge on any atom is 0.246 e. The first-order valence-electron chi connectivity index (χ1n) is 4.99. The number of amides is 1. The van der Waals surface area contributed by atoms with Crippen LogP contribution in [0.5, 0.6) is 0 Å². The summed E-state index contributed by atoms with van der Waals surface area (Å²) in [5, 5.41) is 3.46. The van der Waals surface area contributed by atoms with E-state index < -0.39 is 0 Å². The van der Waals surface area contributed by atoms with Gasteiger partial charge in [0.1, 0.15) is 6.61 Å². The molecule has 3 N–H and O–H groups in total. The molecular weight excluding hydrogens is 200 g/mol. The van der Waals surface area contributed by atoms with Crippen molar-refractivity contribution < 1.29 is 9.53 Å². The van der Waals surface area contributed by atoms with Gasteiger partial charge >= 0.3 is 0 Å². The molecule has 14 heavy (non-hydrogen) atoms. The normalized spacial score (nSPS) is 21.1. The number of ether oxygens (including phenoxy) is 1. The highest BCUT2D eigenvalue weighted by Crippen LogP contribution is 2.25. The third kappa shape index (κ3) is 4.83. The van der Waals surface area contributed by atoms with Crippen LogP contribution in [0.1, 0.15) is 12.8 Å². The Labute approximate surface area is 88.9 Å². The predicted octanol–water partition coefficient (Wildman–Crippen LogP) is -0.0265. The highest BCUT2D eigenvalue weighted by Gasteiger charge is 2.15. The van der Waals surface area contributed by atoms with Crippen LogP contribution in [0.15, 0.2) is 0 Å². The zero-order valence-electron chi connectivity index (χ0n) is 8.33. The second-order valence-corrected chi connectivity index (χ2v) is 4.69. The SMILES string of the molecule is NCCOCC(=O)NCC1CCCS1. The lowest BCUT2D eigenvalue weighted by atomic mass is 10.2. The van der Waals surface area contributed by atoms with Gasteiger partial charge in [0.2, 0.25) is 5.91 Å². The van der Waals surface area contributed by atoms with E-state index in [1.165, 1.54) is 18.6 Å². The maximum absolute atomic E-state index is 11.2. The minimum Gasteiger partial charge on any atom is -0.370 e. The van der Waals surface area contributed by atoms with Crippen LogP contribution in [0.3, 0.4) is 0 Å². The molecule has 1 unspecified atom stereocenters. The number of hydrogen-bond acceptors (Lipinski definition) is 4. The predicted molar refractivity (Wildman–Crippen MR) is 58.4 cm³/mol. The van der Waals surface area contributed by atoms with Crippen LogP contribution in [0.25, 0.3) is 0 Å². The zero-order valence-corrected chi connectivity index (χ0v) is 9.15. The summed E-state index contributed by atoms with van der Waals surface area (Å²) >= 11 is 1.94. The fourth-order valence-corrected chi connectivity index (χ4v) is 2.53. The quantitative estimate of drug-likeness (QED) is 0.615. The van der Waals surface area contributed by atoms with Gasteiger partial charge < -0.3 is 15.8 Å². The molecule has 1 saturated heterocycles. The van der Waals surface area contributed by atoms with Crippen molar-refractivity contribution in [3.8, 4) is 0 Å². The molecule has 1 fully saturated rings. The third-order valence-corrected chi connectivity index (χ3v) is 3.44. The lowest BCUT2D eigenvalue weighted by Crippen LogP contribution is -2.33. The maximum atomic E-state index is 11.2. The summed E-state index contributed by atoms with van der Waals surface area (Å²) in [6.07, 6.45) is 2.49. The van der Waals surface area contributed by atoms with E-state index in [-0.39, 0.29) is 12.5 Å². The van der Waals surface area contributed by atoms with Gasteiger partial charge in [-0.1, -0.05) is 0 Å². The molecule has 0 aromatic rings. The van der Waals surface area contributed by atoms with E-state index in [1.807, 2.05) is 11.8 Å². The number of rotatable bonds is 6. The van der Waals surface area contributed by atoms with Crippen LogP contribution < -0.4 is 11.1 Å². The molecule has 1 heterocycles. The highest BCUT2D eigenvalue weighted by molar-refractivity contribution is 8.00. The molecule has 0 aromatic carbocycles. The Hall–Kier alpha value is -0.260. The summed E-state index contributed by atoms with van der Waals surface area (Å²) in [5.74, 6) is 1.19. The molecule has 4 nitrogen and oxygen atoms in total. The van der Waals surface area contributed by atoms with Gasteiger partial charge in [0.05, 0.1) is 6.61 Å². The van der Waals surface area contributed by atoms with Crippen molar-refractivity contribution >= 4 is 17.7 Å². The molecule has 1 aliphatic rings. The van der Waals surface area contributed by atoms with Gasteiger partial charge in [-0.05, 0) is 18.6 Å². The Morgan fingerprint density at radius 2 is 2.50 bits per heavy atom. The summed E-state index contributed by atoms with van der Waals surface area (Å²) < 4.78 is 5.02. The highest BCUT2D eigenvalue weighted by atomic mass is 32.2. The molecular formula is C9H18N2O2S. The fourth-order valence-electron chi connectivity index (χ4n) is 1.33. The van der Waals surface area contributed by atoms with Gasteiger partial charge in [-0.2, -0.15) is 11.8 Å². The average Bonchev–Trinajstić information content (AvgIpc) is 2.68. The fraction of sp³-hybridized carbons (Fsp3) is 0.889. The number of nitrogens with one attached hydrogen (secondary N) is 1. The second-order valence-electron chi connectivity index (χ2n) is 3.28. The van der Waals surface area contributed by atoms with Crippen LogP contribution >= 0.6 is 11.8 Å². The summed E-state index contributed by atoms with van der Waals surface area (Å²) in [5.41, 5.74) is 5.23. The van der Waals surface area contributed by atoms with E-state index >= 15 is 0 Å². The van der Waals surface area contributed by atoms with E-state index in [4.69, 9.17) is 10.5 Å². The van der Waals surface area contributed by atoms with E-state index in [9.17, 15) is 4.79 Å². The van der Waals surface area contributed by atoms with Crippen LogP contribution in [-0.2, 0) is 9.53 Å². The zero-order chi connectivity index (χ0) is 10.2. The molecule has 0 aliphatic carbocycles. The van der Waals surface area contributed by atoms with Crippen molar-refractivity contribution in [1.29, 1.82) is 0 Å². The van der Waals surface area contributed by atoms with Crippen LogP contribution in [-0.4, -0.2) is 43.2 Å². The molecule has 5 heteroatoms. The van der Waals surface area contributed by atoms with Crippen molar-refractivity contribution in [1.82, 2.24) is 5.32 Å². The number of thioether (sulfide) groups is 1. The Morgan fingerprint density at radius 1 is 1.64 bits per heavy atom. The lowest BCUT2D eigenvalue weighted by molar-refractivity contribution is -0.125. The molecule has 0 spiro atoms. The minimum atomic E-state index is -0.0362. The minimum absolute atomic E-state index is 0.0362. The van der Waals surface area contributed by atoms with E-state index in [2.05, 4.69) is 5.32 Å². The summed E-state index contributed by atoms with van der Waals surface area (Å²) in [4.78, 5) is 11.2. The molecule has 82 valence electrons. The van der Waals surface area contributed by atoms with Crippen molar-refractivity contribution in [2.45, 2.75) is 18.1 Å². The first-order chi connectivity index (χ1) is 6.83. The van der Waals surface area contributed by atoms with Gasteiger partial charge in [0, 0.05) is 18.3 Å². The Kier molecular flexibility index (Phi) is 5.98. The van der Waals surface area contributed by atoms with Crippen molar-refractivity contribution in [2.75, 3.05) is 32.1 Å². The van der Waals surface area contributed by atoms with E-state index in [1.54, 1.807) is 0 Å². The smallest absolute Gasteiger partial charge is 0.246 e. The summed E-state index contributed by atoms with van der Waals surface area (Å²) in [6.45, 7) is 1.82. The van der Waals surface area contributed by atoms with Gasteiger partial charge in [0.25, 0.3) is 0 Å². The Balaban J connectivity index is 1.96. The van der Waals surface area contributed by atoms with Gasteiger partial charge in [-0.3, -0.25) is 4.79 Å². The Bertz CT molecular complexity index is 172. The molecule has 1 atom stereocenters. The number of hydrogen-bond donors (Lipinski definition) is 2. The van der Waals surface area contributed by atoms with Gasteiger partial charge in [-0.15, -0.1) is 0 Å². The van der Waals surface area contributed by atoms with Crippen molar-refractivity contribution in [2.24, 2.45) is 5.73 Å². The summed E-state index contributed by atoms with van der Waals surface area (Å²) in [6, 6.07) is 0. The third-order valence-electron chi connectivity index (χ3n) is 2.05. The standard InChI is InChI=1S/C9H18N2O2S/c10-3-4-13-7-9(12)11-6-8-2-1-5-14-8/h8H,1-7,10H2,(H,11,12). The van der Waals surface area contributed by atoms with Gasteiger partial charge in [-0.25, -0.2) is 0 Å². The number of carbonyl (C=O) groups excluding carboxylic acids is 1. The molecule has 1 rings (SSSR count). The monoisotopic (exact) mass is 218 g/mol. The van der Waals surface area contributed by atoms with Crippen molar-refractivity contribution in [3.05, 3.63) is 0 Å². The van der Waals surface area contributed by atoms with E-state index in [0.717, 1.165) is 6.54 Å². The lowest BCUT2D eigenvalue weighted by Gasteiger charge is -2.09. The van der Waals surface area contributed by atoms with E-state index in [0.29, 0.717) is 18.4 Å². The molecule has 0 aromatic heterocycles. The van der Waals surface area contributed by atoms with Gasteiger partial charge in [0.15, 0.2) is 0 Å². The summed E-state index contributed by atoms with van der Waals surface area (Å²) in [7, 11) is 0. The molecule has 0 radical (unpaired) electrons. The Morgan fingerprint density at radius 3 is 3.14 bits per heavy atom. The molecule has 0 bridgehead atoms. The second kappa shape index (κ2) is 7.09.